The van der Waals surface area contributed by atoms with E-state index in [4.69, 9.17) is 0 Å². The minimum atomic E-state index is -0.521. The SMILES string of the molecule is O=C(Cn1nc(-c2ccccc2)ccc1=O)NCC(O)C1CCCC1. The third-order valence-electron chi connectivity index (χ3n) is 4.68. The highest BCUT2D eigenvalue weighted by Crippen LogP contribution is 2.27. The molecule has 0 saturated heterocycles. The molecule has 0 radical (unpaired) electrons. The number of amides is 1. The number of hydrogen-bond donors (Lipinski definition) is 2. The molecule has 132 valence electrons. The lowest BCUT2D eigenvalue weighted by Crippen LogP contribution is -2.39. The number of benzene rings is 1. The summed E-state index contributed by atoms with van der Waals surface area (Å²) in [7, 11) is 0. The van der Waals surface area contributed by atoms with Crippen molar-refractivity contribution < 1.29 is 9.90 Å². The predicted octanol–water partition coefficient (Wildman–Crippen LogP) is 1.58. The van der Waals surface area contributed by atoms with E-state index >= 15 is 0 Å². The van der Waals surface area contributed by atoms with Crippen molar-refractivity contribution in [2.24, 2.45) is 5.92 Å². The van der Waals surface area contributed by atoms with Gasteiger partial charge in [-0.25, -0.2) is 4.68 Å². The van der Waals surface area contributed by atoms with Crippen molar-refractivity contribution >= 4 is 5.91 Å². The van der Waals surface area contributed by atoms with Gasteiger partial charge in [-0.1, -0.05) is 43.2 Å². The normalized spacial score (nSPS) is 15.9. The van der Waals surface area contributed by atoms with Crippen LogP contribution < -0.4 is 10.9 Å². The summed E-state index contributed by atoms with van der Waals surface area (Å²) in [5.74, 6) is -0.0561. The maximum Gasteiger partial charge on any atom is 0.267 e. The van der Waals surface area contributed by atoms with Crippen molar-refractivity contribution in [2.75, 3.05) is 6.54 Å². The Labute approximate surface area is 146 Å². The summed E-state index contributed by atoms with van der Waals surface area (Å²) in [4.78, 5) is 24.1. The van der Waals surface area contributed by atoms with E-state index < -0.39 is 6.10 Å². The fraction of sp³-hybridized carbons (Fsp3) is 0.421. The molecule has 1 fully saturated rings. The largest absolute Gasteiger partial charge is 0.391 e. The van der Waals surface area contributed by atoms with Gasteiger partial charge >= 0.3 is 0 Å². The summed E-state index contributed by atoms with van der Waals surface area (Å²) in [6.07, 6.45) is 3.78. The number of carbonyl (C=O) groups is 1. The van der Waals surface area contributed by atoms with E-state index in [2.05, 4.69) is 10.4 Å². The summed E-state index contributed by atoms with van der Waals surface area (Å²) in [6.45, 7) is 0.0630. The maximum absolute atomic E-state index is 12.1. The van der Waals surface area contributed by atoms with Gasteiger partial charge in [-0.15, -0.1) is 0 Å². The molecule has 0 spiro atoms. The van der Waals surface area contributed by atoms with E-state index in [1.54, 1.807) is 6.07 Å². The zero-order chi connectivity index (χ0) is 17.6. The van der Waals surface area contributed by atoms with E-state index in [1.807, 2.05) is 30.3 Å². The fourth-order valence-corrected chi connectivity index (χ4v) is 3.24. The van der Waals surface area contributed by atoms with Crippen LogP contribution in [0.3, 0.4) is 0 Å². The van der Waals surface area contributed by atoms with Gasteiger partial charge in [0.05, 0.1) is 11.8 Å². The summed E-state index contributed by atoms with van der Waals surface area (Å²) in [5.41, 5.74) is 1.19. The average Bonchev–Trinajstić information content (AvgIpc) is 3.17. The molecule has 1 heterocycles. The first-order chi connectivity index (χ1) is 12.1. The molecular weight excluding hydrogens is 318 g/mol. The van der Waals surface area contributed by atoms with Crippen LogP contribution in [0.2, 0.25) is 0 Å². The molecule has 1 atom stereocenters. The second kappa shape index (κ2) is 8.07. The molecule has 25 heavy (non-hydrogen) atoms. The summed E-state index contributed by atoms with van der Waals surface area (Å²) >= 11 is 0. The average molecular weight is 341 g/mol. The summed E-state index contributed by atoms with van der Waals surface area (Å²) < 4.78 is 1.15. The van der Waals surface area contributed by atoms with Gasteiger partial charge in [-0.05, 0) is 24.8 Å². The number of aliphatic hydroxyl groups excluding tert-OH is 1. The second-order valence-electron chi connectivity index (χ2n) is 6.50. The van der Waals surface area contributed by atoms with Crippen LogP contribution in [0.5, 0.6) is 0 Å². The standard InChI is InChI=1S/C19H23N3O3/c23-17(15-8-4-5-9-15)12-20-18(24)13-22-19(25)11-10-16(21-22)14-6-2-1-3-7-14/h1-3,6-7,10-11,15,17,23H,4-5,8-9,12-13H2,(H,20,24). The lowest BCUT2D eigenvalue weighted by atomic mass is 10.0. The van der Waals surface area contributed by atoms with Crippen LogP contribution in [0, 0.1) is 5.92 Å². The number of nitrogens with one attached hydrogen (secondary N) is 1. The Morgan fingerprint density at radius 1 is 1.20 bits per heavy atom. The number of rotatable bonds is 6. The van der Waals surface area contributed by atoms with Crippen molar-refractivity contribution in [3.63, 3.8) is 0 Å². The fourth-order valence-electron chi connectivity index (χ4n) is 3.24. The van der Waals surface area contributed by atoms with Gasteiger partial charge in [-0.3, -0.25) is 9.59 Å². The Morgan fingerprint density at radius 2 is 1.92 bits per heavy atom. The molecule has 0 bridgehead atoms. The van der Waals surface area contributed by atoms with Gasteiger partial charge in [0.25, 0.3) is 5.56 Å². The monoisotopic (exact) mass is 341 g/mol. The summed E-state index contributed by atoms with van der Waals surface area (Å²) in [5, 5.41) is 17.1. The molecule has 1 saturated carbocycles. The van der Waals surface area contributed by atoms with Crippen LogP contribution >= 0.6 is 0 Å². The Bertz CT molecular complexity index is 767. The first-order valence-corrected chi connectivity index (χ1v) is 8.72. The van der Waals surface area contributed by atoms with Gasteiger partial charge in [0.15, 0.2) is 0 Å². The van der Waals surface area contributed by atoms with Crippen LogP contribution in [-0.2, 0) is 11.3 Å². The van der Waals surface area contributed by atoms with Gasteiger partial charge in [0.1, 0.15) is 6.54 Å². The van der Waals surface area contributed by atoms with Crippen LogP contribution in [0.25, 0.3) is 11.3 Å². The third kappa shape index (κ3) is 4.54. The smallest absolute Gasteiger partial charge is 0.267 e. The molecule has 3 rings (SSSR count). The Kier molecular flexibility index (Phi) is 5.60. The van der Waals surface area contributed by atoms with Gasteiger partial charge in [0.2, 0.25) is 5.91 Å². The predicted molar refractivity (Wildman–Crippen MR) is 94.9 cm³/mol. The van der Waals surface area contributed by atoms with Gasteiger partial charge in [-0.2, -0.15) is 5.10 Å². The zero-order valence-corrected chi connectivity index (χ0v) is 14.1. The van der Waals surface area contributed by atoms with E-state index in [9.17, 15) is 14.7 Å². The molecule has 1 aliphatic carbocycles. The Hall–Kier alpha value is -2.47. The highest BCUT2D eigenvalue weighted by atomic mass is 16.3. The minimum Gasteiger partial charge on any atom is -0.391 e. The molecule has 6 heteroatoms. The van der Waals surface area contributed by atoms with Crippen molar-refractivity contribution in [1.29, 1.82) is 0 Å². The van der Waals surface area contributed by atoms with Crippen LogP contribution in [-0.4, -0.2) is 33.4 Å². The van der Waals surface area contributed by atoms with Crippen molar-refractivity contribution in [3.8, 4) is 11.3 Å². The number of carbonyl (C=O) groups excluding carboxylic acids is 1. The summed E-state index contributed by atoms with van der Waals surface area (Å²) in [6, 6.07) is 12.5. The Balaban J connectivity index is 1.61. The molecule has 6 nitrogen and oxygen atoms in total. The number of nitrogens with zero attached hydrogens (tertiary/aromatic N) is 2. The van der Waals surface area contributed by atoms with Crippen LogP contribution in [0.4, 0.5) is 0 Å². The van der Waals surface area contributed by atoms with Crippen LogP contribution in [0.15, 0.2) is 47.3 Å². The highest BCUT2D eigenvalue weighted by Gasteiger charge is 2.23. The van der Waals surface area contributed by atoms with Gasteiger partial charge < -0.3 is 10.4 Å². The molecule has 2 N–H and O–H groups in total. The molecular formula is C19H23N3O3. The minimum absolute atomic E-state index is 0.156. The van der Waals surface area contributed by atoms with E-state index in [1.165, 1.54) is 6.07 Å². The lowest BCUT2D eigenvalue weighted by molar-refractivity contribution is -0.122. The van der Waals surface area contributed by atoms with Crippen molar-refractivity contribution in [1.82, 2.24) is 15.1 Å². The van der Waals surface area contributed by atoms with Crippen LogP contribution in [0.1, 0.15) is 25.7 Å². The van der Waals surface area contributed by atoms with E-state index in [0.29, 0.717) is 5.69 Å². The zero-order valence-electron chi connectivity index (χ0n) is 14.1. The lowest BCUT2D eigenvalue weighted by Gasteiger charge is -2.18. The molecule has 1 aromatic heterocycles. The van der Waals surface area contributed by atoms with Gasteiger partial charge in [0, 0.05) is 18.2 Å². The number of aromatic nitrogens is 2. The van der Waals surface area contributed by atoms with E-state index in [-0.39, 0.29) is 30.5 Å². The molecule has 2 aromatic rings. The third-order valence-corrected chi connectivity index (χ3v) is 4.68. The molecule has 1 unspecified atom stereocenters. The van der Waals surface area contributed by atoms with Crippen molar-refractivity contribution in [2.45, 2.75) is 38.3 Å². The van der Waals surface area contributed by atoms with Crippen molar-refractivity contribution in [3.05, 3.63) is 52.8 Å². The quantitative estimate of drug-likeness (QED) is 0.835. The number of aliphatic hydroxyl groups is 1. The first-order valence-electron chi connectivity index (χ1n) is 8.72. The van der Waals surface area contributed by atoms with E-state index in [0.717, 1.165) is 35.9 Å². The maximum atomic E-state index is 12.1. The molecule has 1 aromatic carbocycles. The topological polar surface area (TPSA) is 84.2 Å². The highest BCUT2D eigenvalue weighted by molar-refractivity contribution is 5.75. The molecule has 1 amide bonds. The molecule has 0 aliphatic heterocycles. The Morgan fingerprint density at radius 3 is 2.64 bits per heavy atom. The number of hydrogen-bond acceptors (Lipinski definition) is 4. The first kappa shape index (κ1) is 17.4. The second-order valence-corrected chi connectivity index (χ2v) is 6.50. The molecule has 1 aliphatic rings.